The van der Waals surface area contributed by atoms with Crippen molar-refractivity contribution in [3.63, 3.8) is 0 Å². The van der Waals surface area contributed by atoms with Gasteiger partial charge in [0.05, 0.1) is 11.8 Å². The number of aliphatic hydroxyl groups is 1. The van der Waals surface area contributed by atoms with Crippen molar-refractivity contribution in [1.29, 1.82) is 0 Å². The highest BCUT2D eigenvalue weighted by Gasteiger charge is 2.40. The van der Waals surface area contributed by atoms with E-state index >= 15 is 0 Å². The summed E-state index contributed by atoms with van der Waals surface area (Å²) in [4.78, 5) is 13.5. The van der Waals surface area contributed by atoms with Crippen LogP contribution < -0.4 is 0 Å². The van der Waals surface area contributed by atoms with E-state index in [1.54, 1.807) is 18.0 Å². The van der Waals surface area contributed by atoms with Gasteiger partial charge in [0.2, 0.25) is 6.29 Å². The van der Waals surface area contributed by atoms with Crippen molar-refractivity contribution in [1.82, 2.24) is 4.90 Å². The van der Waals surface area contributed by atoms with Gasteiger partial charge in [-0.2, -0.15) is 0 Å². The molecule has 0 aromatic carbocycles. The van der Waals surface area contributed by atoms with Crippen LogP contribution in [0, 0.1) is 11.8 Å². The molecule has 0 unspecified atom stereocenters. The minimum atomic E-state index is -0.868. The number of ether oxygens (including phenoxy) is 1. The van der Waals surface area contributed by atoms with Crippen molar-refractivity contribution in [3.8, 4) is 0 Å². The summed E-state index contributed by atoms with van der Waals surface area (Å²) in [5, 5.41) is 9.60. The SMILES string of the molecule is C=C[C@@H]1[C@@H]2CCN(C)C(=O)C2=CO[C@@H]1O. The molecule has 0 aliphatic carbocycles. The first kappa shape index (κ1) is 10.2. The summed E-state index contributed by atoms with van der Waals surface area (Å²) in [7, 11) is 1.77. The number of fused-ring (bicyclic) bond motifs is 1. The highest BCUT2D eigenvalue weighted by atomic mass is 16.6. The van der Waals surface area contributed by atoms with Crippen LogP contribution in [0.15, 0.2) is 24.5 Å². The molecule has 1 fully saturated rings. The molecule has 2 heterocycles. The molecule has 0 saturated carbocycles. The molecule has 0 spiro atoms. The Labute approximate surface area is 88.8 Å². The molecule has 0 aromatic rings. The molecule has 2 aliphatic rings. The first-order valence-electron chi connectivity index (χ1n) is 5.06. The van der Waals surface area contributed by atoms with Crippen molar-refractivity contribution < 1.29 is 14.6 Å². The predicted molar refractivity (Wildman–Crippen MR) is 54.6 cm³/mol. The monoisotopic (exact) mass is 209 g/mol. The molecular formula is C11H15NO3. The second-order valence-electron chi connectivity index (χ2n) is 4.03. The Morgan fingerprint density at radius 1 is 1.73 bits per heavy atom. The summed E-state index contributed by atoms with van der Waals surface area (Å²) in [5.41, 5.74) is 0.652. The third kappa shape index (κ3) is 1.55. The Bertz CT molecular complexity index is 324. The number of carbonyl (C=O) groups excluding carboxylic acids is 1. The molecule has 0 aromatic heterocycles. The molecule has 82 valence electrons. The van der Waals surface area contributed by atoms with Gasteiger partial charge >= 0.3 is 0 Å². The molecule has 4 heteroatoms. The fourth-order valence-electron chi connectivity index (χ4n) is 2.22. The zero-order valence-corrected chi connectivity index (χ0v) is 8.72. The van der Waals surface area contributed by atoms with Gasteiger partial charge in [-0.25, -0.2) is 0 Å². The van der Waals surface area contributed by atoms with Gasteiger partial charge in [0, 0.05) is 25.4 Å². The molecule has 1 N–H and O–H groups in total. The van der Waals surface area contributed by atoms with Crippen LogP contribution in [0.25, 0.3) is 0 Å². The van der Waals surface area contributed by atoms with E-state index in [4.69, 9.17) is 4.74 Å². The van der Waals surface area contributed by atoms with E-state index in [-0.39, 0.29) is 17.7 Å². The van der Waals surface area contributed by atoms with E-state index in [0.29, 0.717) is 5.57 Å². The van der Waals surface area contributed by atoms with Crippen LogP contribution in [0.2, 0.25) is 0 Å². The fourth-order valence-corrected chi connectivity index (χ4v) is 2.22. The van der Waals surface area contributed by atoms with Crippen LogP contribution in [-0.2, 0) is 9.53 Å². The number of carbonyl (C=O) groups is 1. The number of hydrogen-bond acceptors (Lipinski definition) is 3. The highest BCUT2D eigenvalue weighted by molar-refractivity contribution is 5.94. The molecule has 1 amide bonds. The molecular weight excluding hydrogens is 194 g/mol. The Kier molecular flexibility index (Phi) is 2.52. The largest absolute Gasteiger partial charge is 0.472 e. The third-order valence-electron chi connectivity index (χ3n) is 3.17. The molecule has 4 nitrogen and oxygen atoms in total. The second-order valence-corrected chi connectivity index (χ2v) is 4.03. The number of rotatable bonds is 1. The normalized spacial score (nSPS) is 35.3. The fraction of sp³-hybridized carbons (Fsp3) is 0.545. The number of amides is 1. The second kappa shape index (κ2) is 3.70. The standard InChI is InChI=1S/C11H15NO3/c1-3-7-8-4-5-12(2)10(13)9(8)6-15-11(7)14/h3,6-8,11,14H,1,4-5H2,2H3/t7-,8+,11+/m1/s1. The summed E-state index contributed by atoms with van der Waals surface area (Å²) in [5.74, 6) is -0.136. The number of aliphatic hydroxyl groups excluding tert-OH is 1. The van der Waals surface area contributed by atoms with Crippen LogP contribution in [0.5, 0.6) is 0 Å². The van der Waals surface area contributed by atoms with Crippen molar-refractivity contribution in [2.75, 3.05) is 13.6 Å². The van der Waals surface area contributed by atoms with Crippen LogP contribution in [0.1, 0.15) is 6.42 Å². The first-order valence-corrected chi connectivity index (χ1v) is 5.06. The predicted octanol–water partition coefficient (Wildman–Crippen LogP) is 0.499. The van der Waals surface area contributed by atoms with Crippen molar-refractivity contribution in [2.24, 2.45) is 11.8 Å². The van der Waals surface area contributed by atoms with E-state index in [9.17, 15) is 9.90 Å². The van der Waals surface area contributed by atoms with Gasteiger partial charge < -0.3 is 14.7 Å². The number of likely N-dealkylation sites (N-methyl/N-ethyl adjacent to an activating group) is 1. The Morgan fingerprint density at radius 2 is 2.47 bits per heavy atom. The van der Waals surface area contributed by atoms with Crippen LogP contribution >= 0.6 is 0 Å². The lowest BCUT2D eigenvalue weighted by Gasteiger charge is -2.39. The lowest BCUT2D eigenvalue weighted by Crippen LogP contribution is -2.44. The summed E-state index contributed by atoms with van der Waals surface area (Å²) in [6, 6.07) is 0. The maximum Gasteiger partial charge on any atom is 0.252 e. The molecule has 3 atom stereocenters. The summed E-state index contributed by atoms with van der Waals surface area (Å²) < 4.78 is 5.04. The zero-order chi connectivity index (χ0) is 11.0. The molecule has 15 heavy (non-hydrogen) atoms. The minimum absolute atomic E-state index is 0.00926. The zero-order valence-electron chi connectivity index (χ0n) is 8.72. The van der Waals surface area contributed by atoms with Crippen molar-refractivity contribution in [2.45, 2.75) is 12.7 Å². The molecule has 2 rings (SSSR count). The van der Waals surface area contributed by atoms with Crippen LogP contribution in [-0.4, -0.2) is 35.8 Å². The molecule has 2 aliphatic heterocycles. The topological polar surface area (TPSA) is 49.8 Å². The Balaban J connectivity index is 2.30. The van der Waals surface area contributed by atoms with Gasteiger partial charge in [-0.15, -0.1) is 6.58 Å². The van der Waals surface area contributed by atoms with Crippen LogP contribution in [0.4, 0.5) is 0 Å². The van der Waals surface area contributed by atoms with Gasteiger partial charge in [0.15, 0.2) is 0 Å². The summed E-state index contributed by atoms with van der Waals surface area (Å²) >= 11 is 0. The first-order chi connectivity index (χ1) is 7.15. The number of piperidine rings is 1. The van der Waals surface area contributed by atoms with Crippen molar-refractivity contribution in [3.05, 3.63) is 24.5 Å². The van der Waals surface area contributed by atoms with Gasteiger partial charge in [0.1, 0.15) is 0 Å². The smallest absolute Gasteiger partial charge is 0.252 e. The highest BCUT2D eigenvalue weighted by Crippen LogP contribution is 2.36. The van der Waals surface area contributed by atoms with Gasteiger partial charge in [-0.3, -0.25) is 4.79 Å². The Morgan fingerprint density at radius 3 is 3.13 bits per heavy atom. The molecule has 0 bridgehead atoms. The van der Waals surface area contributed by atoms with Gasteiger partial charge in [-0.05, 0) is 6.42 Å². The number of nitrogens with zero attached hydrogens (tertiary/aromatic N) is 1. The quantitative estimate of drug-likeness (QED) is 0.640. The third-order valence-corrected chi connectivity index (χ3v) is 3.17. The average molecular weight is 209 g/mol. The minimum Gasteiger partial charge on any atom is -0.472 e. The average Bonchev–Trinajstić information content (AvgIpc) is 2.23. The lowest BCUT2D eigenvalue weighted by molar-refractivity contribution is -0.137. The maximum atomic E-state index is 11.8. The lowest BCUT2D eigenvalue weighted by atomic mass is 9.79. The number of likely N-dealkylation sites (tertiary alicyclic amines) is 1. The Hall–Kier alpha value is -1.29. The van der Waals surface area contributed by atoms with E-state index in [1.165, 1.54) is 6.26 Å². The summed E-state index contributed by atoms with van der Waals surface area (Å²) in [6.07, 6.45) is 3.05. The van der Waals surface area contributed by atoms with E-state index in [1.807, 2.05) is 0 Å². The maximum absolute atomic E-state index is 11.8. The van der Waals surface area contributed by atoms with Crippen molar-refractivity contribution >= 4 is 5.91 Å². The van der Waals surface area contributed by atoms with Crippen LogP contribution in [0.3, 0.4) is 0 Å². The summed E-state index contributed by atoms with van der Waals surface area (Å²) in [6.45, 7) is 4.40. The van der Waals surface area contributed by atoms with E-state index in [0.717, 1.165) is 13.0 Å². The molecule has 0 radical (unpaired) electrons. The van der Waals surface area contributed by atoms with E-state index < -0.39 is 6.29 Å². The van der Waals surface area contributed by atoms with E-state index in [2.05, 4.69) is 6.58 Å². The number of hydrogen-bond donors (Lipinski definition) is 1. The molecule has 1 saturated heterocycles. The van der Waals surface area contributed by atoms with Gasteiger partial charge in [-0.1, -0.05) is 6.08 Å². The van der Waals surface area contributed by atoms with Gasteiger partial charge in [0.25, 0.3) is 5.91 Å².